The topological polar surface area (TPSA) is 40.5 Å². The molecule has 0 aromatic heterocycles. The lowest BCUT2D eigenvalue weighted by molar-refractivity contribution is 0.220. The maximum Gasteiger partial charge on any atom is 0.0602 e. The third kappa shape index (κ3) is 12.6. The molecule has 4 heteroatoms. The molecule has 0 rings (SSSR count). The van der Waals surface area contributed by atoms with Crippen LogP contribution in [-0.2, 0) is 0 Å². The molecular formula is C9H20O2S2. The van der Waals surface area contributed by atoms with Crippen molar-refractivity contribution in [2.24, 2.45) is 0 Å². The highest BCUT2D eigenvalue weighted by atomic mass is 32.2. The number of rotatable bonds is 9. The Morgan fingerprint density at radius 3 is 2.31 bits per heavy atom. The first-order valence-electron chi connectivity index (χ1n) is 4.71. The Balaban J connectivity index is 2.84. The zero-order valence-corrected chi connectivity index (χ0v) is 9.87. The fourth-order valence-electron chi connectivity index (χ4n) is 0.786. The van der Waals surface area contributed by atoms with Crippen LogP contribution in [0.1, 0.15) is 19.8 Å². The van der Waals surface area contributed by atoms with Crippen LogP contribution in [0, 0.1) is 0 Å². The number of hydrogen-bond donors (Lipinski definition) is 2. The van der Waals surface area contributed by atoms with Gasteiger partial charge in [0.15, 0.2) is 0 Å². The standard InChI is InChI=1S/C9H20O2S2/c1-9(11)8-13-7-3-6-12-5-2-4-10/h9-11H,2-8H2,1H3. The Bertz CT molecular complexity index is 99.6. The Morgan fingerprint density at radius 2 is 1.69 bits per heavy atom. The summed E-state index contributed by atoms with van der Waals surface area (Å²) in [6.45, 7) is 2.13. The number of aliphatic hydroxyl groups is 2. The quantitative estimate of drug-likeness (QED) is 0.584. The molecule has 2 N–H and O–H groups in total. The number of hydrogen-bond acceptors (Lipinski definition) is 4. The molecule has 2 nitrogen and oxygen atoms in total. The molecule has 80 valence electrons. The van der Waals surface area contributed by atoms with E-state index in [1.807, 2.05) is 30.4 Å². The molecule has 0 aliphatic heterocycles. The van der Waals surface area contributed by atoms with E-state index in [4.69, 9.17) is 10.2 Å². The highest BCUT2D eigenvalue weighted by molar-refractivity contribution is 8.00. The van der Waals surface area contributed by atoms with Gasteiger partial charge < -0.3 is 10.2 Å². The van der Waals surface area contributed by atoms with Crippen LogP contribution < -0.4 is 0 Å². The monoisotopic (exact) mass is 224 g/mol. The Kier molecular flexibility index (Phi) is 11.2. The second-order valence-electron chi connectivity index (χ2n) is 2.97. The molecular weight excluding hydrogens is 204 g/mol. The summed E-state index contributed by atoms with van der Waals surface area (Å²) in [5.41, 5.74) is 0. The highest BCUT2D eigenvalue weighted by Gasteiger charge is 1.95. The summed E-state index contributed by atoms with van der Waals surface area (Å²) in [6.07, 6.45) is 1.94. The van der Waals surface area contributed by atoms with Crippen molar-refractivity contribution < 1.29 is 10.2 Å². The summed E-state index contributed by atoms with van der Waals surface area (Å²) in [5, 5.41) is 17.5. The molecule has 1 unspecified atom stereocenters. The SMILES string of the molecule is CC(O)CSCCCSCCCO. The molecule has 0 radical (unpaired) electrons. The Morgan fingerprint density at radius 1 is 1.08 bits per heavy atom. The smallest absolute Gasteiger partial charge is 0.0602 e. The van der Waals surface area contributed by atoms with Gasteiger partial charge in [0.1, 0.15) is 0 Å². The van der Waals surface area contributed by atoms with Crippen molar-refractivity contribution in [1.82, 2.24) is 0 Å². The van der Waals surface area contributed by atoms with E-state index in [1.54, 1.807) is 0 Å². The summed E-state index contributed by atoms with van der Waals surface area (Å²) >= 11 is 3.71. The van der Waals surface area contributed by atoms with Crippen LogP contribution in [0.3, 0.4) is 0 Å². The zero-order valence-electron chi connectivity index (χ0n) is 8.24. The third-order valence-electron chi connectivity index (χ3n) is 1.38. The summed E-state index contributed by atoms with van der Waals surface area (Å²) < 4.78 is 0. The summed E-state index contributed by atoms with van der Waals surface area (Å²) in [6, 6.07) is 0. The van der Waals surface area contributed by atoms with E-state index >= 15 is 0 Å². The van der Waals surface area contributed by atoms with E-state index in [0.717, 1.165) is 23.7 Å². The maximum atomic E-state index is 8.97. The van der Waals surface area contributed by atoms with Crippen molar-refractivity contribution in [3.05, 3.63) is 0 Å². The van der Waals surface area contributed by atoms with Crippen LogP contribution in [0.4, 0.5) is 0 Å². The predicted octanol–water partition coefficient (Wildman–Crippen LogP) is 1.61. The van der Waals surface area contributed by atoms with Gasteiger partial charge in [-0.1, -0.05) is 0 Å². The van der Waals surface area contributed by atoms with Crippen LogP contribution in [0.15, 0.2) is 0 Å². The van der Waals surface area contributed by atoms with Crippen molar-refractivity contribution in [3.8, 4) is 0 Å². The van der Waals surface area contributed by atoms with Gasteiger partial charge >= 0.3 is 0 Å². The Hall–Kier alpha value is 0.620. The average molecular weight is 224 g/mol. The highest BCUT2D eigenvalue weighted by Crippen LogP contribution is 2.09. The molecule has 0 spiro atoms. The molecule has 0 fully saturated rings. The van der Waals surface area contributed by atoms with Crippen LogP contribution >= 0.6 is 23.5 Å². The van der Waals surface area contributed by atoms with Gasteiger partial charge in [0, 0.05) is 12.4 Å². The summed E-state index contributed by atoms with van der Waals surface area (Å²) in [4.78, 5) is 0. The molecule has 0 saturated carbocycles. The third-order valence-corrected chi connectivity index (χ3v) is 3.83. The van der Waals surface area contributed by atoms with Gasteiger partial charge in [0.2, 0.25) is 0 Å². The molecule has 0 aliphatic rings. The molecule has 0 bridgehead atoms. The fraction of sp³-hybridized carbons (Fsp3) is 1.00. The minimum Gasteiger partial charge on any atom is -0.396 e. The molecule has 0 aliphatic carbocycles. The van der Waals surface area contributed by atoms with Gasteiger partial charge in [0.25, 0.3) is 0 Å². The lowest BCUT2D eigenvalue weighted by Crippen LogP contribution is -2.03. The molecule has 0 aromatic carbocycles. The molecule has 0 aromatic rings. The van der Waals surface area contributed by atoms with Crippen LogP contribution in [0.2, 0.25) is 0 Å². The molecule has 0 amide bonds. The molecule has 13 heavy (non-hydrogen) atoms. The Labute approximate surface area is 89.5 Å². The van der Waals surface area contributed by atoms with E-state index in [1.165, 1.54) is 12.2 Å². The van der Waals surface area contributed by atoms with Crippen molar-refractivity contribution in [2.75, 3.05) is 29.6 Å². The van der Waals surface area contributed by atoms with Crippen LogP contribution in [0.5, 0.6) is 0 Å². The first kappa shape index (κ1) is 13.6. The largest absolute Gasteiger partial charge is 0.396 e. The summed E-state index contributed by atoms with van der Waals surface area (Å²) in [7, 11) is 0. The molecule has 0 heterocycles. The van der Waals surface area contributed by atoms with E-state index in [-0.39, 0.29) is 6.10 Å². The first-order valence-corrected chi connectivity index (χ1v) is 7.02. The van der Waals surface area contributed by atoms with Gasteiger partial charge in [0.05, 0.1) is 6.10 Å². The van der Waals surface area contributed by atoms with Crippen LogP contribution in [-0.4, -0.2) is 45.9 Å². The van der Waals surface area contributed by atoms with E-state index in [9.17, 15) is 0 Å². The van der Waals surface area contributed by atoms with Gasteiger partial charge in [-0.05, 0) is 37.0 Å². The number of thioether (sulfide) groups is 2. The van der Waals surface area contributed by atoms with Gasteiger partial charge in [-0.3, -0.25) is 0 Å². The minimum absolute atomic E-state index is 0.174. The second kappa shape index (κ2) is 10.7. The van der Waals surface area contributed by atoms with Gasteiger partial charge in [-0.25, -0.2) is 0 Å². The maximum absolute atomic E-state index is 8.97. The normalized spacial score (nSPS) is 13.2. The second-order valence-corrected chi connectivity index (χ2v) is 5.34. The fourth-order valence-corrected chi connectivity index (χ4v) is 2.71. The van der Waals surface area contributed by atoms with Crippen molar-refractivity contribution in [2.45, 2.75) is 25.9 Å². The predicted molar refractivity (Wildman–Crippen MR) is 62.7 cm³/mol. The molecule has 1 atom stereocenters. The van der Waals surface area contributed by atoms with Crippen molar-refractivity contribution >= 4 is 23.5 Å². The van der Waals surface area contributed by atoms with E-state index in [2.05, 4.69) is 0 Å². The van der Waals surface area contributed by atoms with Crippen molar-refractivity contribution in [3.63, 3.8) is 0 Å². The van der Waals surface area contributed by atoms with Crippen LogP contribution in [0.25, 0.3) is 0 Å². The lowest BCUT2D eigenvalue weighted by atomic mass is 10.5. The first-order chi connectivity index (χ1) is 6.27. The summed E-state index contributed by atoms with van der Waals surface area (Å²) in [5.74, 6) is 4.22. The zero-order chi connectivity index (χ0) is 9.94. The lowest BCUT2D eigenvalue weighted by Gasteiger charge is -2.03. The average Bonchev–Trinajstić information content (AvgIpc) is 2.09. The van der Waals surface area contributed by atoms with E-state index < -0.39 is 0 Å². The van der Waals surface area contributed by atoms with Crippen molar-refractivity contribution in [1.29, 1.82) is 0 Å². The molecule has 0 saturated heterocycles. The number of aliphatic hydroxyl groups excluding tert-OH is 2. The minimum atomic E-state index is -0.174. The van der Waals surface area contributed by atoms with E-state index in [0.29, 0.717) is 6.61 Å². The van der Waals surface area contributed by atoms with Gasteiger partial charge in [-0.15, -0.1) is 0 Å². The van der Waals surface area contributed by atoms with Gasteiger partial charge in [-0.2, -0.15) is 23.5 Å².